The van der Waals surface area contributed by atoms with E-state index in [9.17, 15) is 0 Å². The van der Waals surface area contributed by atoms with Crippen molar-refractivity contribution < 1.29 is 9.47 Å². The highest BCUT2D eigenvalue weighted by Gasteiger charge is 2.28. The van der Waals surface area contributed by atoms with Gasteiger partial charge in [-0.2, -0.15) is 0 Å². The lowest BCUT2D eigenvalue weighted by Gasteiger charge is -2.36. The molecule has 1 unspecified atom stereocenters. The van der Waals surface area contributed by atoms with Crippen molar-refractivity contribution in [2.24, 2.45) is 0 Å². The maximum absolute atomic E-state index is 5.75. The smallest absolute Gasteiger partial charge is 0.120 e. The second-order valence-electron chi connectivity index (χ2n) is 6.49. The van der Waals surface area contributed by atoms with E-state index in [-0.39, 0.29) is 11.7 Å². The van der Waals surface area contributed by atoms with Crippen LogP contribution in [0.3, 0.4) is 0 Å². The highest BCUT2D eigenvalue weighted by molar-refractivity contribution is 5.28. The molecule has 1 aliphatic rings. The zero-order valence-electron chi connectivity index (χ0n) is 13.1. The maximum atomic E-state index is 5.75. The second kappa shape index (κ2) is 6.59. The summed E-state index contributed by atoms with van der Waals surface area (Å²) in [6.07, 6.45) is 2.37. The number of hydrogen-bond donors (Lipinski definition) is 1. The van der Waals surface area contributed by atoms with Gasteiger partial charge in [-0.3, -0.25) is 0 Å². The topological polar surface area (TPSA) is 30.5 Å². The molecule has 0 bridgehead atoms. The highest BCUT2D eigenvalue weighted by atomic mass is 16.5. The zero-order chi connectivity index (χ0) is 14.6. The third kappa shape index (κ3) is 4.80. The van der Waals surface area contributed by atoms with Crippen molar-refractivity contribution in [3.8, 4) is 5.75 Å². The molecule has 0 amide bonds. The summed E-state index contributed by atoms with van der Waals surface area (Å²) in [6.45, 7) is 10.2. The summed E-state index contributed by atoms with van der Waals surface area (Å²) >= 11 is 0. The standard InChI is InChI=1S/C17H27NO2/c1-13(2)20-16-7-5-6-14(10-16)12-18-15-8-9-19-17(3,4)11-15/h5-7,10,13,15,18H,8-9,11-12H2,1-4H3. The number of rotatable bonds is 5. The number of benzene rings is 1. The van der Waals surface area contributed by atoms with Gasteiger partial charge >= 0.3 is 0 Å². The van der Waals surface area contributed by atoms with Crippen LogP contribution in [0.25, 0.3) is 0 Å². The summed E-state index contributed by atoms with van der Waals surface area (Å²) in [6, 6.07) is 8.87. The van der Waals surface area contributed by atoms with Gasteiger partial charge in [-0.25, -0.2) is 0 Å². The van der Waals surface area contributed by atoms with Gasteiger partial charge in [-0.15, -0.1) is 0 Å². The first-order valence-corrected chi connectivity index (χ1v) is 7.57. The van der Waals surface area contributed by atoms with Gasteiger partial charge in [0.1, 0.15) is 5.75 Å². The number of nitrogens with one attached hydrogen (secondary N) is 1. The van der Waals surface area contributed by atoms with Crippen LogP contribution in [-0.2, 0) is 11.3 Å². The van der Waals surface area contributed by atoms with Crippen LogP contribution < -0.4 is 10.1 Å². The van der Waals surface area contributed by atoms with Gasteiger partial charge in [-0.1, -0.05) is 12.1 Å². The molecule has 1 aromatic carbocycles. The van der Waals surface area contributed by atoms with Crippen LogP contribution in [0.2, 0.25) is 0 Å². The Morgan fingerprint density at radius 3 is 2.90 bits per heavy atom. The fraction of sp³-hybridized carbons (Fsp3) is 0.647. The number of hydrogen-bond acceptors (Lipinski definition) is 3. The van der Waals surface area contributed by atoms with Gasteiger partial charge in [0.05, 0.1) is 11.7 Å². The van der Waals surface area contributed by atoms with Crippen molar-refractivity contribution in [3.63, 3.8) is 0 Å². The van der Waals surface area contributed by atoms with Crippen molar-refractivity contribution in [2.75, 3.05) is 6.61 Å². The molecule has 1 heterocycles. The first-order valence-electron chi connectivity index (χ1n) is 7.57. The van der Waals surface area contributed by atoms with Crippen LogP contribution in [0.5, 0.6) is 5.75 Å². The van der Waals surface area contributed by atoms with E-state index in [1.54, 1.807) is 0 Å². The summed E-state index contributed by atoms with van der Waals surface area (Å²) in [5.41, 5.74) is 1.27. The Labute approximate surface area is 122 Å². The Balaban J connectivity index is 1.87. The molecule has 0 spiro atoms. The molecule has 1 fully saturated rings. The fourth-order valence-electron chi connectivity index (χ4n) is 2.67. The summed E-state index contributed by atoms with van der Waals surface area (Å²) in [5, 5.41) is 3.64. The summed E-state index contributed by atoms with van der Waals surface area (Å²) < 4.78 is 11.5. The minimum absolute atomic E-state index is 0.00147. The molecule has 3 heteroatoms. The Kier molecular flexibility index (Phi) is 5.06. The van der Waals surface area contributed by atoms with Gasteiger partial charge in [0.25, 0.3) is 0 Å². The van der Waals surface area contributed by atoms with Crippen molar-refractivity contribution in [1.82, 2.24) is 5.32 Å². The molecule has 112 valence electrons. The molecule has 1 atom stereocenters. The fourth-order valence-corrected chi connectivity index (χ4v) is 2.67. The first-order chi connectivity index (χ1) is 9.44. The van der Waals surface area contributed by atoms with Crippen LogP contribution in [0, 0.1) is 0 Å². The summed E-state index contributed by atoms with van der Waals surface area (Å²) in [7, 11) is 0. The molecule has 0 aromatic heterocycles. The number of ether oxygens (including phenoxy) is 2. The Bertz CT molecular complexity index is 429. The molecule has 1 N–H and O–H groups in total. The van der Waals surface area contributed by atoms with E-state index in [0.717, 1.165) is 31.7 Å². The van der Waals surface area contributed by atoms with E-state index in [4.69, 9.17) is 9.47 Å². The zero-order valence-corrected chi connectivity index (χ0v) is 13.1. The Morgan fingerprint density at radius 1 is 1.40 bits per heavy atom. The average Bonchev–Trinajstić information content (AvgIpc) is 2.35. The molecule has 20 heavy (non-hydrogen) atoms. The lowest BCUT2D eigenvalue weighted by atomic mass is 9.94. The van der Waals surface area contributed by atoms with Crippen LogP contribution in [-0.4, -0.2) is 24.4 Å². The van der Waals surface area contributed by atoms with Gasteiger partial charge in [0.2, 0.25) is 0 Å². The predicted octanol–water partition coefficient (Wildman–Crippen LogP) is 3.52. The molecular formula is C17H27NO2. The van der Waals surface area contributed by atoms with E-state index in [0.29, 0.717) is 6.04 Å². The quantitative estimate of drug-likeness (QED) is 0.893. The summed E-state index contributed by atoms with van der Waals surface area (Å²) in [5.74, 6) is 0.951. The third-order valence-corrected chi connectivity index (χ3v) is 3.56. The molecule has 0 radical (unpaired) electrons. The van der Waals surface area contributed by atoms with Gasteiger partial charge in [-0.05, 0) is 58.2 Å². The minimum atomic E-state index is -0.00147. The van der Waals surface area contributed by atoms with Crippen LogP contribution in [0.4, 0.5) is 0 Å². The predicted molar refractivity (Wildman–Crippen MR) is 82.1 cm³/mol. The van der Waals surface area contributed by atoms with E-state index in [1.165, 1.54) is 5.56 Å². The highest BCUT2D eigenvalue weighted by Crippen LogP contribution is 2.24. The van der Waals surface area contributed by atoms with Gasteiger partial charge < -0.3 is 14.8 Å². The van der Waals surface area contributed by atoms with E-state index in [1.807, 2.05) is 6.07 Å². The van der Waals surface area contributed by atoms with Crippen molar-refractivity contribution >= 4 is 0 Å². The Hall–Kier alpha value is -1.06. The van der Waals surface area contributed by atoms with Gasteiger partial charge in [0.15, 0.2) is 0 Å². The lowest BCUT2D eigenvalue weighted by molar-refractivity contribution is -0.0630. The van der Waals surface area contributed by atoms with Crippen molar-refractivity contribution in [2.45, 2.75) is 64.8 Å². The normalized spacial score (nSPS) is 21.9. The monoisotopic (exact) mass is 277 g/mol. The molecule has 1 aromatic rings. The second-order valence-corrected chi connectivity index (χ2v) is 6.49. The van der Waals surface area contributed by atoms with E-state index in [2.05, 4.69) is 51.2 Å². The lowest BCUT2D eigenvalue weighted by Crippen LogP contribution is -2.43. The minimum Gasteiger partial charge on any atom is -0.491 e. The van der Waals surface area contributed by atoms with E-state index < -0.39 is 0 Å². The first kappa shape index (κ1) is 15.3. The van der Waals surface area contributed by atoms with Crippen molar-refractivity contribution in [3.05, 3.63) is 29.8 Å². The molecular weight excluding hydrogens is 250 g/mol. The SMILES string of the molecule is CC(C)Oc1cccc(CNC2CCOC(C)(C)C2)c1. The molecule has 2 rings (SSSR count). The third-order valence-electron chi connectivity index (χ3n) is 3.56. The maximum Gasteiger partial charge on any atom is 0.120 e. The van der Waals surface area contributed by atoms with E-state index >= 15 is 0 Å². The van der Waals surface area contributed by atoms with Crippen LogP contribution in [0.15, 0.2) is 24.3 Å². The average molecular weight is 277 g/mol. The summed E-state index contributed by atoms with van der Waals surface area (Å²) in [4.78, 5) is 0. The molecule has 1 aliphatic heterocycles. The molecule has 0 saturated carbocycles. The Morgan fingerprint density at radius 2 is 2.20 bits per heavy atom. The van der Waals surface area contributed by atoms with Crippen LogP contribution in [0.1, 0.15) is 46.1 Å². The van der Waals surface area contributed by atoms with Gasteiger partial charge in [0, 0.05) is 19.2 Å². The molecule has 1 saturated heterocycles. The van der Waals surface area contributed by atoms with Crippen molar-refractivity contribution in [1.29, 1.82) is 0 Å². The molecule has 3 nitrogen and oxygen atoms in total. The van der Waals surface area contributed by atoms with Crippen LogP contribution >= 0.6 is 0 Å². The molecule has 0 aliphatic carbocycles. The largest absolute Gasteiger partial charge is 0.491 e.